The van der Waals surface area contributed by atoms with Gasteiger partial charge in [0.1, 0.15) is 0 Å². The molecule has 3 aromatic rings. The van der Waals surface area contributed by atoms with E-state index in [2.05, 4.69) is 19.9 Å². The monoisotopic (exact) mass is 403 g/mol. The lowest BCUT2D eigenvalue weighted by molar-refractivity contribution is -0.384. The van der Waals surface area contributed by atoms with E-state index in [9.17, 15) is 23.6 Å². The number of nitro groups is 1. The van der Waals surface area contributed by atoms with Gasteiger partial charge in [-0.15, -0.1) is 10.2 Å². The molecule has 0 radical (unpaired) electrons. The molecule has 0 amide bonds. The minimum Gasteiger partial charge on any atom is -0.493 e. The highest BCUT2D eigenvalue weighted by molar-refractivity contribution is 7.89. The molecule has 0 aliphatic carbocycles. The van der Waals surface area contributed by atoms with E-state index in [-0.39, 0.29) is 27.8 Å². The van der Waals surface area contributed by atoms with Crippen LogP contribution in [0.2, 0.25) is 0 Å². The first-order valence-corrected chi connectivity index (χ1v) is 9.81. The fourth-order valence-electron chi connectivity index (χ4n) is 2.54. The lowest BCUT2D eigenvalue weighted by Gasteiger charge is -2.05. The van der Waals surface area contributed by atoms with Gasteiger partial charge in [0, 0.05) is 18.0 Å². The number of aromatic hydroxyl groups is 1. The van der Waals surface area contributed by atoms with Crippen LogP contribution in [-0.2, 0) is 10.0 Å². The predicted molar refractivity (Wildman–Crippen MR) is 103 cm³/mol. The Morgan fingerprint density at radius 3 is 2.68 bits per heavy atom. The van der Waals surface area contributed by atoms with E-state index in [0.29, 0.717) is 23.9 Å². The first-order chi connectivity index (χ1) is 13.3. The van der Waals surface area contributed by atoms with Crippen molar-refractivity contribution in [1.29, 1.82) is 0 Å². The molecule has 0 aliphatic heterocycles. The highest BCUT2D eigenvalue weighted by atomic mass is 32.2. The summed E-state index contributed by atoms with van der Waals surface area (Å²) in [4.78, 5) is 13.2. The molecule has 0 bridgehead atoms. The van der Waals surface area contributed by atoms with E-state index in [1.165, 1.54) is 36.4 Å². The maximum absolute atomic E-state index is 12.3. The maximum atomic E-state index is 12.3. The molecule has 0 atom stereocenters. The van der Waals surface area contributed by atoms with Crippen LogP contribution in [0.4, 0.5) is 17.1 Å². The van der Waals surface area contributed by atoms with Crippen molar-refractivity contribution in [2.75, 3.05) is 6.54 Å². The summed E-state index contributed by atoms with van der Waals surface area (Å²) in [6.45, 7) is 2.14. The van der Waals surface area contributed by atoms with E-state index in [1.54, 1.807) is 6.07 Å². The third kappa shape index (κ3) is 3.85. The van der Waals surface area contributed by atoms with E-state index < -0.39 is 14.9 Å². The molecule has 28 heavy (non-hydrogen) atoms. The zero-order valence-electron chi connectivity index (χ0n) is 14.8. The minimum atomic E-state index is -3.71. The molecule has 3 rings (SSSR count). The number of para-hydroxylation sites is 1. The molecule has 0 unspecified atom stereocenters. The molecule has 0 aliphatic rings. The van der Waals surface area contributed by atoms with Gasteiger partial charge in [-0.05, 0) is 30.7 Å². The lowest BCUT2D eigenvalue weighted by Crippen LogP contribution is -2.24. The van der Waals surface area contributed by atoms with Crippen molar-refractivity contribution >= 4 is 38.0 Å². The fourth-order valence-corrected chi connectivity index (χ4v) is 3.70. The van der Waals surface area contributed by atoms with Gasteiger partial charge in [-0.3, -0.25) is 10.1 Å². The summed E-state index contributed by atoms with van der Waals surface area (Å²) in [6, 6.07) is 10.0. The quantitative estimate of drug-likeness (QED) is 0.311. The average Bonchev–Trinajstić information content (AvgIpc) is 2.99. The van der Waals surface area contributed by atoms with Crippen LogP contribution in [0.25, 0.3) is 10.9 Å². The molecule has 0 saturated heterocycles. The van der Waals surface area contributed by atoms with Gasteiger partial charge in [0.25, 0.3) is 5.69 Å². The van der Waals surface area contributed by atoms with Crippen LogP contribution >= 0.6 is 0 Å². The van der Waals surface area contributed by atoms with Crippen molar-refractivity contribution in [2.24, 2.45) is 10.2 Å². The number of H-pyrrole nitrogens is 1. The normalized spacial score (nSPS) is 12.0. The summed E-state index contributed by atoms with van der Waals surface area (Å²) in [5.41, 5.74) is 0.205. The number of nitrogens with one attached hydrogen (secondary N) is 2. The standard InChI is InChI=1S/C17H17N5O5S/c1-2-9-18-28(26,27)11-7-8-13-12(10-11)16(17(23)19-13)21-20-14-5-3-4-6-15(14)22(24)25/h3-8,10,18-19,23H,2,9H2,1H3. The number of aromatic amines is 1. The Bertz CT molecular complexity index is 1170. The van der Waals surface area contributed by atoms with Crippen LogP contribution in [0.1, 0.15) is 13.3 Å². The number of benzene rings is 2. The first kappa shape index (κ1) is 19.5. The van der Waals surface area contributed by atoms with Crippen molar-refractivity contribution in [3.05, 3.63) is 52.6 Å². The van der Waals surface area contributed by atoms with Crippen molar-refractivity contribution < 1.29 is 18.4 Å². The molecule has 11 heteroatoms. The SMILES string of the molecule is CCCNS(=O)(=O)c1ccc2[nH]c(O)c(N=Nc3ccccc3[N+](=O)[O-])c2c1. The minimum absolute atomic E-state index is 0.00888. The summed E-state index contributed by atoms with van der Waals surface area (Å²) in [5.74, 6) is -0.326. The topological polar surface area (TPSA) is 150 Å². The Hall–Kier alpha value is -3.31. The number of nitro benzene ring substituents is 1. The van der Waals surface area contributed by atoms with Crippen molar-refractivity contribution in [2.45, 2.75) is 18.2 Å². The number of hydrogen-bond acceptors (Lipinski definition) is 7. The Morgan fingerprint density at radius 2 is 1.96 bits per heavy atom. The third-order valence-corrected chi connectivity index (χ3v) is 5.37. The van der Waals surface area contributed by atoms with Crippen LogP contribution < -0.4 is 4.72 Å². The smallest absolute Gasteiger partial charge is 0.296 e. The van der Waals surface area contributed by atoms with Gasteiger partial charge in [-0.2, -0.15) is 0 Å². The Kier molecular flexibility index (Phi) is 5.38. The van der Waals surface area contributed by atoms with Gasteiger partial charge < -0.3 is 10.1 Å². The van der Waals surface area contributed by atoms with E-state index >= 15 is 0 Å². The van der Waals surface area contributed by atoms with Crippen LogP contribution in [0.3, 0.4) is 0 Å². The average molecular weight is 403 g/mol. The first-order valence-electron chi connectivity index (χ1n) is 8.33. The van der Waals surface area contributed by atoms with Gasteiger partial charge in [-0.25, -0.2) is 13.1 Å². The zero-order valence-corrected chi connectivity index (χ0v) is 15.6. The van der Waals surface area contributed by atoms with Crippen LogP contribution in [0, 0.1) is 10.1 Å². The molecule has 0 fully saturated rings. The van der Waals surface area contributed by atoms with Crippen LogP contribution in [-0.4, -0.2) is 30.0 Å². The highest BCUT2D eigenvalue weighted by Gasteiger charge is 2.18. The van der Waals surface area contributed by atoms with Gasteiger partial charge in [0.2, 0.25) is 15.9 Å². The number of hydrogen-bond donors (Lipinski definition) is 3. The predicted octanol–water partition coefficient (Wildman–Crippen LogP) is 3.89. The van der Waals surface area contributed by atoms with Gasteiger partial charge in [0.05, 0.1) is 15.3 Å². The number of rotatable bonds is 7. The van der Waals surface area contributed by atoms with E-state index in [1.807, 2.05) is 6.92 Å². The van der Waals surface area contributed by atoms with Crippen LogP contribution in [0.15, 0.2) is 57.6 Å². The third-order valence-electron chi connectivity index (χ3n) is 3.91. The van der Waals surface area contributed by atoms with Gasteiger partial charge >= 0.3 is 0 Å². The molecule has 2 aromatic carbocycles. The van der Waals surface area contributed by atoms with Crippen molar-refractivity contribution in [3.63, 3.8) is 0 Å². The lowest BCUT2D eigenvalue weighted by atomic mass is 10.2. The molecule has 0 saturated carbocycles. The fraction of sp³-hybridized carbons (Fsp3) is 0.176. The van der Waals surface area contributed by atoms with E-state index in [0.717, 1.165) is 0 Å². The molecule has 0 spiro atoms. The van der Waals surface area contributed by atoms with Gasteiger partial charge in [0.15, 0.2) is 11.4 Å². The summed E-state index contributed by atoms with van der Waals surface area (Å²) in [6.07, 6.45) is 0.641. The molecular weight excluding hydrogens is 386 g/mol. The summed E-state index contributed by atoms with van der Waals surface area (Å²) in [5, 5.41) is 29.3. The zero-order chi connectivity index (χ0) is 20.3. The second-order valence-electron chi connectivity index (χ2n) is 5.87. The largest absolute Gasteiger partial charge is 0.493 e. The Morgan fingerprint density at radius 1 is 1.21 bits per heavy atom. The second-order valence-corrected chi connectivity index (χ2v) is 7.64. The molecule has 146 valence electrons. The number of nitrogens with zero attached hydrogens (tertiary/aromatic N) is 3. The Labute approximate surface area is 160 Å². The van der Waals surface area contributed by atoms with Crippen molar-refractivity contribution in [1.82, 2.24) is 9.71 Å². The molecule has 1 aromatic heterocycles. The maximum Gasteiger partial charge on any atom is 0.296 e. The Balaban J connectivity index is 2.06. The number of aromatic nitrogens is 1. The van der Waals surface area contributed by atoms with Gasteiger partial charge in [-0.1, -0.05) is 19.1 Å². The summed E-state index contributed by atoms with van der Waals surface area (Å²) >= 11 is 0. The van der Waals surface area contributed by atoms with E-state index in [4.69, 9.17) is 0 Å². The highest BCUT2D eigenvalue weighted by Crippen LogP contribution is 2.38. The molecule has 3 N–H and O–H groups in total. The van der Waals surface area contributed by atoms with Crippen LogP contribution in [0.5, 0.6) is 5.88 Å². The molecule has 10 nitrogen and oxygen atoms in total. The number of sulfonamides is 1. The summed E-state index contributed by atoms with van der Waals surface area (Å²) < 4.78 is 27.1. The second kappa shape index (κ2) is 7.74. The molecule has 1 heterocycles. The van der Waals surface area contributed by atoms with Crippen molar-refractivity contribution in [3.8, 4) is 5.88 Å². The number of fused-ring (bicyclic) bond motifs is 1. The summed E-state index contributed by atoms with van der Waals surface area (Å²) in [7, 11) is -3.71. The number of azo groups is 1. The molecular formula is C17H17N5O5S.